The van der Waals surface area contributed by atoms with E-state index in [0.717, 1.165) is 18.7 Å². The van der Waals surface area contributed by atoms with Crippen molar-refractivity contribution in [1.29, 1.82) is 0 Å². The van der Waals surface area contributed by atoms with Gasteiger partial charge in [0.1, 0.15) is 5.82 Å². The average molecular weight is 209 g/mol. The SMILES string of the molecule is CCc1c(C(CC)C(C)C)nn(C)c1N. The second-order valence-electron chi connectivity index (χ2n) is 4.48. The minimum atomic E-state index is 0.531. The van der Waals surface area contributed by atoms with E-state index in [2.05, 4.69) is 32.8 Å². The van der Waals surface area contributed by atoms with Crippen molar-refractivity contribution in [2.75, 3.05) is 5.73 Å². The van der Waals surface area contributed by atoms with Gasteiger partial charge in [0.05, 0.1) is 5.69 Å². The van der Waals surface area contributed by atoms with Gasteiger partial charge in [0.2, 0.25) is 0 Å². The molecule has 0 fully saturated rings. The Balaban J connectivity index is 3.17. The first-order chi connectivity index (χ1) is 7.02. The number of nitrogens with two attached hydrogens (primary N) is 1. The fourth-order valence-corrected chi connectivity index (χ4v) is 2.24. The molecule has 1 aromatic heterocycles. The van der Waals surface area contributed by atoms with E-state index < -0.39 is 0 Å². The van der Waals surface area contributed by atoms with Gasteiger partial charge in [-0.1, -0.05) is 27.7 Å². The van der Waals surface area contributed by atoms with Crippen LogP contribution < -0.4 is 5.73 Å². The van der Waals surface area contributed by atoms with E-state index in [0.29, 0.717) is 11.8 Å². The minimum absolute atomic E-state index is 0.531. The Hall–Kier alpha value is -0.990. The Labute approximate surface area is 92.7 Å². The van der Waals surface area contributed by atoms with Gasteiger partial charge in [0.15, 0.2) is 0 Å². The van der Waals surface area contributed by atoms with Crippen molar-refractivity contribution < 1.29 is 0 Å². The fraction of sp³-hybridized carbons (Fsp3) is 0.750. The van der Waals surface area contributed by atoms with Crippen LogP contribution in [0.2, 0.25) is 0 Å². The summed E-state index contributed by atoms with van der Waals surface area (Å²) in [7, 11) is 1.92. The van der Waals surface area contributed by atoms with Gasteiger partial charge in [-0.3, -0.25) is 4.68 Å². The maximum Gasteiger partial charge on any atom is 0.124 e. The summed E-state index contributed by atoms with van der Waals surface area (Å²) in [5.74, 6) is 1.98. The third-order valence-electron chi connectivity index (χ3n) is 3.17. The molecule has 0 aliphatic rings. The van der Waals surface area contributed by atoms with Crippen LogP contribution in [-0.2, 0) is 13.5 Å². The number of nitrogens with zero attached hydrogens (tertiary/aromatic N) is 2. The number of aromatic nitrogens is 2. The number of rotatable bonds is 4. The summed E-state index contributed by atoms with van der Waals surface area (Å²) in [6.07, 6.45) is 2.10. The standard InChI is InChI=1S/C12H23N3/c1-6-9(8(3)4)11-10(7-2)12(13)15(5)14-11/h8-9H,6-7,13H2,1-5H3. The van der Waals surface area contributed by atoms with Gasteiger partial charge in [-0.25, -0.2) is 0 Å². The Kier molecular flexibility index (Phi) is 3.77. The quantitative estimate of drug-likeness (QED) is 0.828. The molecule has 0 aliphatic carbocycles. The lowest BCUT2D eigenvalue weighted by Crippen LogP contribution is -2.08. The van der Waals surface area contributed by atoms with E-state index >= 15 is 0 Å². The molecule has 3 nitrogen and oxygen atoms in total. The van der Waals surface area contributed by atoms with Crippen LogP contribution in [-0.4, -0.2) is 9.78 Å². The third kappa shape index (κ3) is 2.16. The molecule has 1 atom stereocenters. The molecule has 0 saturated carbocycles. The molecule has 3 heteroatoms. The van der Waals surface area contributed by atoms with Crippen LogP contribution in [0, 0.1) is 5.92 Å². The summed E-state index contributed by atoms with van der Waals surface area (Å²) < 4.78 is 1.80. The normalized spacial score (nSPS) is 13.5. The monoisotopic (exact) mass is 209 g/mol. The molecule has 1 rings (SSSR count). The van der Waals surface area contributed by atoms with Crippen LogP contribution in [0.15, 0.2) is 0 Å². The summed E-state index contributed by atoms with van der Waals surface area (Å²) in [5, 5.41) is 4.57. The van der Waals surface area contributed by atoms with Gasteiger partial charge >= 0.3 is 0 Å². The maximum absolute atomic E-state index is 6.01. The maximum atomic E-state index is 6.01. The summed E-state index contributed by atoms with van der Waals surface area (Å²) in [6.45, 7) is 8.86. The molecule has 0 aromatic carbocycles. The highest BCUT2D eigenvalue weighted by molar-refractivity contribution is 5.44. The Morgan fingerprint density at radius 1 is 1.33 bits per heavy atom. The first-order valence-electron chi connectivity index (χ1n) is 5.84. The van der Waals surface area contributed by atoms with E-state index in [1.54, 1.807) is 4.68 Å². The molecule has 1 aromatic rings. The van der Waals surface area contributed by atoms with Crippen molar-refractivity contribution >= 4 is 5.82 Å². The number of hydrogen-bond donors (Lipinski definition) is 1. The van der Waals surface area contributed by atoms with Crippen molar-refractivity contribution in [3.8, 4) is 0 Å². The Morgan fingerprint density at radius 3 is 2.33 bits per heavy atom. The predicted octanol–water partition coefficient (Wildman–Crippen LogP) is 2.71. The molecule has 0 radical (unpaired) electrons. The highest BCUT2D eigenvalue weighted by Gasteiger charge is 2.22. The van der Waals surface area contributed by atoms with Gasteiger partial charge < -0.3 is 5.73 Å². The van der Waals surface area contributed by atoms with Crippen LogP contribution in [0.25, 0.3) is 0 Å². The van der Waals surface area contributed by atoms with Gasteiger partial charge in [-0.05, 0) is 18.8 Å². The second kappa shape index (κ2) is 4.69. The molecular weight excluding hydrogens is 186 g/mol. The van der Waals surface area contributed by atoms with Crippen LogP contribution >= 0.6 is 0 Å². The van der Waals surface area contributed by atoms with E-state index in [-0.39, 0.29) is 0 Å². The van der Waals surface area contributed by atoms with Crippen molar-refractivity contribution in [3.63, 3.8) is 0 Å². The minimum Gasteiger partial charge on any atom is -0.384 e. The molecule has 1 heterocycles. The molecule has 0 bridgehead atoms. The number of hydrogen-bond acceptors (Lipinski definition) is 2. The topological polar surface area (TPSA) is 43.8 Å². The largest absolute Gasteiger partial charge is 0.384 e. The lowest BCUT2D eigenvalue weighted by molar-refractivity contribution is 0.467. The van der Waals surface area contributed by atoms with Gasteiger partial charge in [0.25, 0.3) is 0 Å². The molecule has 0 aliphatic heterocycles. The molecule has 2 N–H and O–H groups in total. The summed E-state index contributed by atoms with van der Waals surface area (Å²) in [4.78, 5) is 0. The zero-order valence-electron chi connectivity index (χ0n) is 10.5. The Morgan fingerprint density at radius 2 is 1.93 bits per heavy atom. The molecular formula is C12H23N3. The lowest BCUT2D eigenvalue weighted by Gasteiger charge is -2.17. The molecule has 1 unspecified atom stereocenters. The molecule has 0 saturated heterocycles. The zero-order valence-corrected chi connectivity index (χ0v) is 10.5. The molecule has 15 heavy (non-hydrogen) atoms. The van der Waals surface area contributed by atoms with Crippen LogP contribution in [0.1, 0.15) is 51.3 Å². The lowest BCUT2D eigenvalue weighted by atomic mass is 9.87. The van der Waals surface area contributed by atoms with Gasteiger partial charge in [-0.15, -0.1) is 0 Å². The third-order valence-corrected chi connectivity index (χ3v) is 3.17. The summed E-state index contributed by atoms with van der Waals surface area (Å²) >= 11 is 0. The smallest absolute Gasteiger partial charge is 0.124 e. The van der Waals surface area contributed by atoms with E-state index in [1.165, 1.54) is 11.3 Å². The number of nitrogen functional groups attached to an aromatic ring is 1. The van der Waals surface area contributed by atoms with Crippen molar-refractivity contribution in [2.45, 2.75) is 46.5 Å². The predicted molar refractivity (Wildman–Crippen MR) is 64.9 cm³/mol. The van der Waals surface area contributed by atoms with Crippen LogP contribution in [0.5, 0.6) is 0 Å². The van der Waals surface area contributed by atoms with Crippen molar-refractivity contribution in [3.05, 3.63) is 11.3 Å². The van der Waals surface area contributed by atoms with Gasteiger partial charge in [-0.2, -0.15) is 5.10 Å². The summed E-state index contributed by atoms with van der Waals surface area (Å²) in [6, 6.07) is 0. The van der Waals surface area contributed by atoms with E-state index in [1.807, 2.05) is 7.05 Å². The first-order valence-corrected chi connectivity index (χ1v) is 5.84. The van der Waals surface area contributed by atoms with Crippen LogP contribution in [0.3, 0.4) is 0 Å². The molecule has 0 spiro atoms. The highest BCUT2D eigenvalue weighted by Crippen LogP contribution is 2.31. The van der Waals surface area contributed by atoms with Crippen molar-refractivity contribution in [2.24, 2.45) is 13.0 Å². The Bertz CT molecular complexity index is 326. The van der Waals surface area contributed by atoms with Crippen molar-refractivity contribution in [1.82, 2.24) is 9.78 Å². The zero-order chi connectivity index (χ0) is 11.6. The molecule has 86 valence electrons. The van der Waals surface area contributed by atoms with E-state index in [9.17, 15) is 0 Å². The first kappa shape index (κ1) is 12.1. The summed E-state index contributed by atoms with van der Waals surface area (Å²) in [5.41, 5.74) is 8.45. The average Bonchev–Trinajstić information content (AvgIpc) is 2.44. The number of anilines is 1. The van der Waals surface area contributed by atoms with Crippen LogP contribution in [0.4, 0.5) is 5.82 Å². The fourth-order valence-electron chi connectivity index (χ4n) is 2.24. The highest BCUT2D eigenvalue weighted by atomic mass is 15.3. The number of aryl methyl sites for hydroxylation is 1. The molecule has 0 amide bonds. The van der Waals surface area contributed by atoms with Gasteiger partial charge in [0, 0.05) is 18.5 Å². The second-order valence-corrected chi connectivity index (χ2v) is 4.48. The van der Waals surface area contributed by atoms with E-state index in [4.69, 9.17) is 5.73 Å².